The lowest BCUT2D eigenvalue weighted by molar-refractivity contribution is 0.639. The number of hydrazine groups is 1. The third-order valence-electron chi connectivity index (χ3n) is 3.81. The van der Waals surface area contributed by atoms with Crippen LogP contribution in [0.2, 0.25) is 0 Å². The minimum Gasteiger partial charge on any atom is -0.323 e. The highest BCUT2D eigenvalue weighted by molar-refractivity contribution is 9.10. The van der Waals surface area contributed by atoms with Crippen molar-refractivity contribution in [2.24, 2.45) is 5.84 Å². The Balaban J connectivity index is 2.24. The molecule has 1 saturated carbocycles. The number of hydrogen-bond donors (Lipinski definition) is 2. The summed E-state index contributed by atoms with van der Waals surface area (Å²) in [7, 11) is 0. The number of nitrogens with two attached hydrogens (primary N) is 1. The second-order valence-electron chi connectivity index (χ2n) is 4.97. The molecule has 0 bridgehead atoms. The summed E-state index contributed by atoms with van der Waals surface area (Å²) in [6, 6.07) is 4.99. The molecule has 1 heterocycles. The van der Waals surface area contributed by atoms with Gasteiger partial charge in [-0.15, -0.1) is 0 Å². The summed E-state index contributed by atoms with van der Waals surface area (Å²) in [6.07, 6.45) is 4.77. The first-order valence-corrected chi connectivity index (χ1v) is 7.25. The van der Waals surface area contributed by atoms with Crippen molar-refractivity contribution < 1.29 is 4.39 Å². The highest BCUT2D eigenvalue weighted by atomic mass is 79.9. The van der Waals surface area contributed by atoms with Gasteiger partial charge in [0, 0.05) is 16.1 Å². The highest BCUT2D eigenvalue weighted by Gasteiger charge is 2.21. The van der Waals surface area contributed by atoms with Gasteiger partial charge in [-0.1, -0.05) is 12.8 Å². The van der Waals surface area contributed by atoms with Crippen molar-refractivity contribution >= 4 is 32.5 Å². The first-order chi connectivity index (χ1) is 9.20. The molecule has 100 valence electrons. The molecule has 3 rings (SSSR count). The van der Waals surface area contributed by atoms with E-state index < -0.39 is 0 Å². The summed E-state index contributed by atoms with van der Waals surface area (Å²) in [5, 5.41) is 0.443. The van der Waals surface area contributed by atoms with Gasteiger partial charge in [0.05, 0.1) is 16.6 Å². The molecule has 0 unspecified atom stereocenters. The second-order valence-corrected chi connectivity index (χ2v) is 5.83. The van der Waals surface area contributed by atoms with Crippen molar-refractivity contribution in [3.63, 3.8) is 0 Å². The lowest BCUT2D eigenvalue weighted by atomic mass is 10.0. The normalized spacial score (nSPS) is 16.2. The second kappa shape index (κ2) is 5.06. The minimum atomic E-state index is -0.309. The van der Waals surface area contributed by atoms with Gasteiger partial charge in [0.2, 0.25) is 0 Å². The summed E-state index contributed by atoms with van der Waals surface area (Å²) in [4.78, 5) is 4.64. The molecule has 1 fully saturated rings. The first-order valence-electron chi connectivity index (χ1n) is 6.46. The lowest BCUT2D eigenvalue weighted by Gasteiger charge is -2.14. The number of fused-ring (bicyclic) bond motifs is 1. The van der Waals surface area contributed by atoms with Crippen LogP contribution in [0.5, 0.6) is 0 Å². The zero-order chi connectivity index (χ0) is 13.4. The summed E-state index contributed by atoms with van der Waals surface area (Å²) in [5.41, 5.74) is 4.84. The van der Waals surface area contributed by atoms with Crippen molar-refractivity contribution in [1.29, 1.82) is 0 Å². The van der Waals surface area contributed by atoms with Crippen LogP contribution in [0, 0.1) is 5.82 Å². The van der Waals surface area contributed by atoms with Gasteiger partial charge in [-0.05, 0) is 47.0 Å². The Bertz CT molecular complexity index is 624. The maximum Gasteiger partial charge on any atom is 0.134 e. The predicted octanol–water partition coefficient (Wildman–Crippen LogP) is 4.08. The van der Waals surface area contributed by atoms with E-state index in [1.165, 1.54) is 18.9 Å². The fourth-order valence-corrected chi connectivity index (χ4v) is 3.25. The molecule has 0 aliphatic heterocycles. The van der Waals surface area contributed by atoms with Crippen LogP contribution in [-0.2, 0) is 0 Å². The van der Waals surface area contributed by atoms with Gasteiger partial charge in [-0.3, -0.25) is 10.8 Å². The molecular formula is C14H15BrFN3. The van der Waals surface area contributed by atoms with Crippen LogP contribution in [0.3, 0.4) is 0 Å². The molecule has 0 atom stereocenters. The SMILES string of the molecule is NNc1cc(C2CCCC2)nc2c(Br)ccc(F)c12. The molecule has 3 nitrogen and oxygen atoms in total. The molecule has 19 heavy (non-hydrogen) atoms. The molecule has 0 spiro atoms. The van der Waals surface area contributed by atoms with Crippen molar-refractivity contribution in [2.45, 2.75) is 31.6 Å². The molecule has 3 N–H and O–H groups in total. The quantitative estimate of drug-likeness (QED) is 0.646. The average molecular weight is 324 g/mol. The Labute approximate surface area is 119 Å². The number of rotatable bonds is 2. The van der Waals surface area contributed by atoms with Crippen molar-refractivity contribution in [3.05, 3.63) is 34.2 Å². The molecule has 1 aromatic heterocycles. The highest BCUT2D eigenvalue weighted by Crippen LogP contribution is 2.37. The fourth-order valence-electron chi connectivity index (χ4n) is 2.83. The Morgan fingerprint density at radius 1 is 1.32 bits per heavy atom. The summed E-state index contributed by atoms with van der Waals surface area (Å²) in [5.74, 6) is 5.70. The van der Waals surface area contributed by atoms with E-state index in [1.807, 2.05) is 6.07 Å². The van der Waals surface area contributed by atoms with E-state index in [0.717, 1.165) is 23.0 Å². The topological polar surface area (TPSA) is 50.9 Å². The molecule has 1 aliphatic rings. The van der Waals surface area contributed by atoms with Crippen LogP contribution in [0.15, 0.2) is 22.7 Å². The Morgan fingerprint density at radius 2 is 2.05 bits per heavy atom. The largest absolute Gasteiger partial charge is 0.323 e. The minimum absolute atomic E-state index is 0.309. The molecular weight excluding hydrogens is 309 g/mol. The summed E-state index contributed by atoms with van der Waals surface area (Å²) >= 11 is 3.44. The Morgan fingerprint density at radius 3 is 2.74 bits per heavy atom. The number of hydrogen-bond acceptors (Lipinski definition) is 3. The number of nitrogens with zero attached hydrogens (tertiary/aromatic N) is 1. The number of halogens is 2. The number of anilines is 1. The summed E-state index contributed by atoms with van der Waals surface area (Å²) < 4.78 is 14.8. The maximum absolute atomic E-state index is 14.0. The molecule has 1 aromatic carbocycles. The number of nitrogen functional groups attached to an aromatic ring is 1. The van der Waals surface area contributed by atoms with Crippen LogP contribution in [0.25, 0.3) is 10.9 Å². The van der Waals surface area contributed by atoms with E-state index in [1.54, 1.807) is 6.07 Å². The van der Waals surface area contributed by atoms with Gasteiger partial charge in [0.15, 0.2) is 0 Å². The standard InChI is InChI=1S/C14H15BrFN3/c15-9-5-6-10(16)13-12(19-17)7-11(18-14(9)13)8-3-1-2-4-8/h5-8H,1-4,17H2,(H,18,19). The average Bonchev–Trinajstić information content (AvgIpc) is 2.96. The maximum atomic E-state index is 14.0. The van der Waals surface area contributed by atoms with E-state index >= 15 is 0 Å². The van der Waals surface area contributed by atoms with Crippen LogP contribution < -0.4 is 11.3 Å². The Kier molecular flexibility index (Phi) is 3.41. The van der Waals surface area contributed by atoms with Crippen molar-refractivity contribution in [2.75, 3.05) is 5.43 Å². The van der Waals surface area contributed by atoms with Crippen molar-refractivity contribution in [1.82, 2.24) is 4.98 Å². The molecule has 2 aromatic rings. The molecule has 0 saturated heterocycles. The third kappa shape index (κ3) is 2.21. The van der Waals surface area contributed by atoms with Gasteiger partial charge in [0.25, 0.3) is 0 Å². The zero-order valence-electron chi connectivity index (χ0n) is 10.4. The molecule has 5 heteroatoms. The van der Waals surface area contributed by atoms with Crippen LogP contribution >= 0.6 is 15.9 Å². The molecule has 0 radical (unpaired) electrons. The van der Waals surface area contributed by atoms with Gasteiger partial charge >= 0.3 is 0 Å². The lowest BCUT2D eigenvalue weighted by Crippen LogP contribution is -2.10. The number of benzene rings is 1. The third-order valence-corrected chi connectivity index (χ3v) is 4.45. The van der Waals surface area contributed by atoms with Crippen LogP contribution in [0.1, 0.15) is 37.3 Å². The van der Waals surface area contributed by atoms with E-state index in [-0.39, 0.29) is 5.82 Å². The molecule has 0 amide bonds. The Hall–Kier alpha value is -1.20. The van der Waals surface area contributed by atoms with E-state index in [0.29, 0.717) is 22.5 Å². The summed E-state index contributed by atoms with van der Waals surface area (Å²) in [6.45, 7) is 0. The predicted molar refractivity (Wildman–Crippen MR) is 78.4 cm³/mol. The smallest absolute Gasteiger partial charge is 0.134 e. The fraction of sp³-hybridized carbons (Fsp3) is 0.357. The van der Waals surface area contributed by atoms with Crippen LogP contribution in [-0.4, -0.2) is 4.98 Å². The number of pyridine rings is 1. The van der Waals surface area contributed by atoms with Gasteiger partial charge in [-0.2, -0.15) is 0 Å². The molecule has 1 aliphatic carbocycles. The van der Waals surface area contributed by atoms with E-state index in [2.05, 4.69) is 26.3 Å². The number of nitrogens with one attached hydrogen (secondary N) is 1. The van der Waals surface area contributed by atoms with E-state index in [9.17, 15) is 4.39 Å². The van der Waals surface area contributed by atoms with Gasteiger partial charge in [-0.25, -0.2) is 4.39 Å². The van der Waals surface area contributed by atoms with Gasteiger partial charge < -0.3 is 5.43 Å². The monoisotopic (exact) mass is 323 g/mol. The van der Waals surface area contributed by atoms with Gasteiger partial charge in [0.1, 0.15) is 5.82 Å². The zero-order valence-corrected chi connectivity index (χ0v) is 12.0. The number of aromatic nitrogens is 1. The van der Waals surface area contributed by atoms with E-state index in [4.69, 9.17) is 5.84 Å². The van der Waals surface area contributed by atoms with Crippen LogP contribution in [0.4, 0.5) is 10.1 Å². The van der Waals surface area contributed by atoms with Crippen molar-refractivity contribution in [3.8, 4) is 0 Å². The first kappa shape index (κ1) is 12.8.